The molecule has 2 aromatic carbocycles. The Bertz CT molecular complexity index is 1070. The lowest BCUT2D eigenvalue weighted by molar-refractivity contribution is -0.137. The quantitative estimate of drug-likeness (QED) is 0.596. The first-order valence-electron chi connectivity index (χ1n) is 9.78. The molecule has 2 heterocycles. The fraction of sp³-hybridized carbons (Fsp3) is 0.286. The lowest BCUT2D eigenvalue weighted by atomic mass is 10.0. The number of hydrogen-bond donors (Lipinski definition) is 2. The average Bonchev–Trinajstić information content (AvgIpc) is 3.15. The third-order valence-corrected chi connectivity index (χ3v) is 6.10. The largest absolute Gasteiger partial charge is 0.418 e. The molecule has 1 aliphatic rings. The van der Waals surface area contributed by atoms with Gasteiger partial charge >= 0.3 is 6.18 Å². The second-order valence-corrected chi connectivity index (χ2v) is 8.18. The Hall–Kier alpha value is -3.01. The van der Waals surface area contributed by atoms with E-state index in [0.717, 1.165) is 23.9 Å². The van der Waals surface area contributed by atoms with E-state index in [4.69, 9.17) is 0 Å². The molecule has 10 heteroatoms. The van der Waals surface area contributed by atoms with Crippen LogP contribution in [0.5, 0.6) is 0 Å². The first-order valence-corrected chi connectivity index (χ1v) is 10.7. The molecule has 2 N–H and O–H groups in total. The molecule has 162 valence electrons. The second-order valence-electron chi connectivity index (χ2n) is 7.07. The van der Waals surface area contributed by atoms with Gasteiger partial charge in [0.1, 0.15) is 5.25 Å². The maximum absolute atomic E-state index is 13.4. The van der Waals surface area contributed by atoms with E-state index in [1.165, 1.54) is 30.0 Å². The van der Waals surface area contributed by atoms with Crippen LogP contribution >= 0.6 is 11.8 Å². The van der Waals surface area contributed by atoms with Gasteiger partial charge in [0.05, 0.1) is 17.3 Å². The fourth-order valence-electron chi connectivity index (χ4n) is 3.44. The molecule has 1 amide bonds. The molecule has 0 fully saturated rings. The van der Waals surface area contributed by atoms with Crippen molar-refractivity contribution in [2.24, 2.45) is 0 Å². The van der Waals surface area contributed by atoms with Gasteiger partial charge in [0.15, 0.2) is 5.82 Å². The number of aryl methyl sites for hydroxylation is 1. The molecule has 4 rings (SSSR count). The molecular weight excluding hydrogens is 427 g/mol. The number of nitrogens with zero attached hydrogens (tertiary/aromatic N) is 3. The van der Waals surface area contributed by atoms with Crippen LogP contribution in [0.25, 0.3) is 0 Å². The van der Waals surface area contributed by atoms with Gasteiger partial charge in [-0.15, -0.1) is 10.2 Å². The molecule has 3 aromatic rings. The molecule has 0 spiro atoms. The van der Waals surface area contributed by atoms with Crippen molar-refractivity contribution in [3.63, 3.8) is 0 Å². The summed E-state index contributed by atoms with van der Waals surface area (Å²) in [6, 6.07) is 13.8. The number of carbonyl (C=O) groups is 1. The highest BCUT2D eigenvalue weighted by Gasteiger charge is 2.39. The first-order chi connectivity index (χ1) is 14.9. The van der Waals surface area contributed by atoms with Crippen LogP contribution in [0.15, 0.2) is 59.8 Å². The summed E-state index contributed by atoms with van der Waals surface area (Å²) in [7, 11) is 0. The molecular formula is C21H20F3N5OS. The number of fused-ring (bicyclic) bond motifs is 1. The van der Waals surface area contributed by atoms with Gasteiger partial charge in [0.25, 0.3) is 0 Å². The van der Waals surface area contributed by atoms with Gasteiger partial charge in [-0.3, -0.25) is 4.79 Å². The van der Waals surface area contributed by atoms with Crippen LogP contribution in [0.3, 0.4) is 0 Å². The zero-order valence-corrected chi connectivity index (χ0v) is 17.4. The second kappa shape index (κ2) is 8.62. The van der Waals surface area contributed by atoms with Crippen molar-refractivity contribution in [3.05, 3.63) is 71.5 Å². The van der Waals surface area contributed by atoms with Crippen molar-refractivity contribution >= 4 is 23.4 Å². The molecule has 6 nitrogen and oxygen atoms in total. The number of carbonyl (C=O) groups excluding carboxylic acids is 1. The fourth-order valence-corrected chi connectivity index (χ4v) is 4.54. The summed E-state index contributed by atoms with van der Waals surface area (Å²) in [5, 5.41) is 10.6. The van der Waals surface area contributed by atoms with Gasteiger partial charge in [-0.25, -0.2) is 4.68 Å². The number of alkyl halides is 3. The number of rotatable bonds is 5. The standard InChI is InChI=1S/C21H20F3N5OS/c1-2-8-16-26-27-20-29(16)28-17(13-9-4-3-5-10-13)18(31-20)19(30)25-15-12-7-6-11-14(15)21(22,23)24/h3-7,9-12,17-18,28H,2,8H2,1H3,(H,25,30)/t17-,18-/m1/s1. The summed E-state index contributed by atoms with van der Waals surface area (Å²) in [6.45, 7) is 2.03. The Labute approximate surface area is 181 Å². The van der Waals surface area contributed by atoms with Crippen LogP contribution in [0.2, 0.25) is 0 Å². The number of aromatic nitrogens is 3. The van der Waals surface area contributed by atoms with E-state index in [9.17, 15) is 18.0 Å². The molecule has 0 radical (unpaired) electrons. The normalized spacial score (nSPS) is 18.2. The molecule has 0 aliphatic carbocycles. The number of halogens is 3. The molecule has 0 saturated carbocycles. The Morgan fingerprint density at radius 2 is 1.84 bits per heavy atom. The summed E-state index contributed by atoms with van der Waals surface area (Å²) in [5.41, 5.74) is 2.97. The maximum Gasteiger partial charge on any atom is 0.418 e. The van der Waals surface area contributed by atoms with Crippen LogP contribution in [-0.4, -0.2) is 26.0 Å². The first kappa shape index (κ1) is 21.2. The summed E-state index contributed by atoms with van der Waals surface area (Å²) < 4.78 is 41.9. The van der Waals surface area contributed by atoms with Crippen molar-refractivity contribution in [1.29, 1.82) is 0 Å². The number of thioether (sulfide) groups is 1. The van der Waals surface area contributed by atoms with Crippen molar-refractivity contribution in [3.8, 4) is 0 Å². The van der Waals surface area contributed by atoms with E-state index in [1.807, 2.05) is 37.3 Å². The van der Waals surface area contributed by atoms with Crippen LogP contribution in [-0.2, 0) is 17.4 Å². The molecule has 1 aromatic heterocycles. The maximum atomic E-state index is 13.4. The van der Waals surface area contributed by atoms with E-state index < -0.39 is 28.9 Å². The smallest absolute Gasteiger partial charge is 0.324 e. The Morgan fingerprint density at radius 3 is 2.55 bits per heavy atom. The van der Waals surface area contributed by atoms with Gasteiger partial charge in [0.2, 0.25) is 11.1 Å². The van der Waals surface area contributed by atoms with Gasteiger partial charge < -0.3 is 10.7 Å². The van der Waals surface area contributed by atoms with Gasteiger partial charge in [-0.2, -0.15) is 13.2 Å². The SMILES string of the molecule is CCCc1nnc2n1N[C@H](c1ccccc1)[C@H](C(=O)Nc1ccccc1C(F)(F)F)S2. The number of para-hydroxylation sites is 1. The van der Waals surface area contributed by atoms with E-state index in [0.29, 0.717) is 11.6 Å². The highest BCUT2D eigenvalue weighted by Crippen LogP contribution is 2.39. The zero-order chi connectivity index (χ0) is 22.0. The molecule has 0 bridgehead atoms. The van der Waals surface area contributed by atoms with Crippen molar-refractivity contribution in [1.82, 2.24) is 14.9 Å². The van der Waals surface area contributed by atoms with Crippen LogP contribution in [0.4, 0.5) is 18.9 Å². The summed E-state index contributed by atoms with van der Waals surface area (Å²) in [6.07, 6.45) is -2.99. The van der Waals surface area contributed by atoms with Gasteiger partial charge in [-0.1, -0.05) is 61.2 Å². The molecule has 1 aliphatic heterocycles. The zero-order valence-electron chi connectivity index (χ0n) is 16.6. The molecule has 0 saturated heterocycles. The lowest BCUT2D eigenvalue weighted by Gasteiger charge is -2.33. The predicted octanol–water partition coefficient (Wildman–Crippen LogP) is 4.65. The molecule has 31 heavy (non-hydrogen) atoms. The van der Waals surface area contributed by atoms with E-state index in [-0.39, 0.29) is 5.69 Å². The third kappa shape index (κ3) is 4.39. The van der Waals surface area contributed by atoms with Crippen LogP contribution in [0, 0.1) is 0 Å². The minimum atomic E-state index is -4.57. The number of nitrogens with one attached hydrogen (secondary N) is 2. The van der Waals surface area contributed by atoms with Gasteiger partial charge in [0, 0.05) is 6.42 Å². The lowest BCUT2D eigenvalue weighted by Crippen LogP contribution is -2.41. The monoisotopic (exact) mass is 447 g/mol. The van der Waals surface area contributed by atoms with Crippen LogP contribution in [0.1, 0.15) is 36.3 Å². The van der Waals surface area contributed by atoms with Crippen molar-refractivity contribution < 1.29 is 18.0 Å². The average molecular weight is 447 g/mol. The predicted molar refractivity (Wildman–Crippen MR) is 112 cm³/mol. The molecule has 2 atom stereocenters. The van der Waals surface area contributed by atoms with E-state index in [2.05, 4.69) is 20.9 Å². The summed E-state index contributed by atoms with van der Waals surface area (Å²) >= 11 is 1.18. The Balaban J connectivity index is 1.67. The van der Waals surface area contributed by atoms with Crippen molar-refractivity contribution in [2.45, 2.75) is 42.4 Å². The number of hydrogen-bond acceptors (Lipinski definition) is 5. The van der Waals surface area contributed by atoms with E-state index in [1.54, 1.807) is 4.68 Å². The Morgan fingerprint density at radius 1 is 1.13 bits per heavy atom. The Kier molecular flexibility index (Phi) is 5.90. The number of amides is 1. The topological polar surface area (TPSA) is 71.8 Å². The minimum Gasteiger partial charge on any atom is -0.324 e. The number of benzene rings is 2. The summed E-state index contributed by atoms with van der Waals surface area (Å²) in [4.78, 5) is 13.2. The third-order valence-electron chi connectivity index (χ3n) is 4.88. The number of anilines is 1. The highest BCUT2D eigenvalue weighted by molar-refractivity contribution is 8.00. The van der Waals surface area contributed by atoms with Crippen molar-refractivity contribution in [2.75, 3.05) is 10.7 Å². The highest BCUT2D eigenvalue weighted by atomic mass is 32.2. The van der Waals surface area contributed by atoms with Gasteiger partial charge in [-0.05, 0) is 24.1 Å². The minimum absolute atomic E-state index is 0.272. The van der Waals surface area contributed by atoms with Crippen LogP contribution < -0.4 is 10.7 Å². The van der Waals surface area contributed by atoms with E-state index >= 15 is 0 Å². The molecule has 0 unspecified atom stereocenters. The summed E-state index contributed by atoms with van der Waals surface area (Å²) in [5.74, 6) is 0.196.